The lowest BCUT2D eigenvalue weighted by Gasteiger charge is -2.39. The van der Waals surface area contributed by atoms with Gasteiger partial charge >= 0.3 is 12.1 Å². The number of alkyl halides is 3. The number of aromatic amines is 1. The largest absolute Gasteiger partial charge is 0.480 e. The predicted octanol–water partition coefficient (Wildman–Crippen LogP) is 5.13. The van der Waals surface area contributed by atoms with E-state index in [1.807, 2.05) is 18.9 Å². The van der Waals surface area contributed by atoms with Gasteiger partial charge < -0.3 is 29.4 Å². The standard InChI is InChI=1S/C34H42F3N9O4/c1-5-50-32-23(34(35,36)37)12-22(14-40-32)24-13-26(44(3)19-33(20-49-4)8-6-7-9-33)29-31(41-24)43-30(42-29)25-15-39-27(16-38-25)46-11-10-45(17-21(46)2)18-28(47)48/h12-16,21H,5-11,17-20H2,1-4H3,(H,47,48)(H,41,42,43)/t21-/m1/s1. The first-order chi connectivity index (χ1) is 23.9. The molecule has 1 saturated heterocycles. The smallest absolute Gasteiger partial charge is 0.421 e. The van der Waals surface area contributed by atoms with E-state index >= 15 is 0 Å². The molecular weight excluding hydrogens is 655 g/mol. The van der Waals surface area contributed by atoms with Crippen LogP contribution in [-0.2, 0) is 15.7 Å². The number of pyridine rings is 2. The van der Waals surface area contributed by atoms with Gasteiger partial charge in [-0.3, -0.25) is 9.69 Å². The molecule has 50 heavy (non-hydrogen) atoms. The zero-order chi connectivity index (χ0) is 35.6. The molecule has 6 rings (SSSR count). The number of halogens is 3. The quantitative estimate of drug-likeness (QED) is 0.202. The molecule has 4 aromatic heterocycles. The number of carboxylic acids is 1. The molecule has 2 fully saturated rings. The van der Waals surface area contributed by atoms with Crippen LogP contribution in [-0.4, -0.2) is 112 Å². The summed E-state index contributed by atoms with van der Waals surface area (Å²) in [6.45, 7) is 6.70. The normalized spacial score (nSPS) is 18.1. The SMILES string of the molecule is CCOc1ncc(-c2cc(N(C)CC3(COC)CCCC3)c3[nH]c(-c4cnc(N5CCN(CC(=O)O)C[C@H]5C)cn4)nc3n2)cc1C(F)(F)F. The molecule has 2 aliphatic rings. The van der Waals surface area contributed by atoms with Gasteiger partial charge in [-0.25, -0.2) is 24.9 Å². The van der Waals surface area contributed by atoms with E-state index in [2.05, 4.69) is 29.7 Å². The van der Waals surface area contributed by atoms with Gasteiger partial charge in [0.2, 0.25) is 5.88 Å². The Morgan fingerprint density at radius 1 is 1.10 bits per heavy atom. The highest BCUT2D eigenvalue weighted by Gasteiger charge is 2.37. The molecule has 268 valence electrons. The zero-order valence-electron chi connectivity index (χ0n) is 28.6. The summed E-state index contributed by atoms with van der Waals surface area (Å²) in [6.07, 6.45) is 4.16. The number of aromatic nitrogens is 6. The predicted molar refractivity (Wildman–Crippen MR) is 181 cm³/mol. The highest BCUT2D eigenvalue weighted by atomic mass is 19.4. The molecule has 0 spiro atoms. The number of ether oxygens (including phenoxy) is 2. The summed E-state index contributed by atoms with van der Waals surface area (Å²) in [6, 6.07) is 2.81. The number of methoxy groups -OCH3 is 1. The van der Waals surface area contributed by atoms with E-state index in [1.165, 1.54) is 6.20 Å². The van der Waals surface area contributed by atoms with Gasteiger partial charge in [0, 0.05) is 63.6 Å². The number of nitrogens with one attached hydrogen (secondary N) is 1. The Hall–Kier alpha value is -4.57. The van der Waals surface area contributed by atoms with E-state index in [-0.39, 0.29) is 35.9 Å². The minimum atomic E-state index is -4.68. The van der Waals surface area contributed by atoms with Crippen molar-refractivity contribution in [1.82, 2.24) is 34.8 Å². The van der Waals surface area contributed by atoms with Crippen LogP contribution in [0, 0.1) is 5.41 Å². The third-order valence-electron chi connectivity index (χ3n) is 9.52. The number of aliphatic carboxylic acids is 1. The number of imidazole rings is 1. The van der Waals surface area contributed by atoms with Crippen LogP contribution < -0.4 is 14.5 Å². The van der Waals surface area contributed by atoms with E-state index < -0.39 is 23.6 Å². The van der Waals surface area contributed by atoms with Gasteiger partial charge in [0.15, 0.2) is 11.5 Å². The van der Waals surface area contributed by atoms with Crippen molar-refractivity contribution in [3.05, 3.63) is 36.3 Å². The highest BCUT2D eigenvalue weighted by Crippen LogP contribution is 2.42. The first-order valence-electron chi connectivity index (χ1n) is 16.7. The van der Waals surface area contributed by atoms with E-state index in [9.17, 15) is 18.0 Å². The van der Waals surface area contributed by atoms with Crippen LogP contribution in [0.3, 0.4) is 0 Å². The van der Waals surface area contributed by atoms with Crippen LogP contribution in [0.4, 0.5) is 24.7 Å². The lowest BCUT2D eigenvalue weighted by Crippen LogP contribution is -2.53. The van der Waals surface area contributed by atoms with Crippen molar-refractivity contribution < 1.29 is 32.5 Å². The molecule has 0 unspecified atom stereocenters. The molecule has 1 saturated carbocycles. The molecular formula is C34H42F3N9O4. The van der Waals surface area contributed by atoms with E-state index in [1.54, 1.807) is 32.5 Å². The molecule has 13 nitrogen and oxygen atoms in total. The summed E-state index contributed by atoms with van der Waals surface area (Å²) in [7, 11) is 3.66. The molecule has 1 aliphatic carbocycles. The van der Waals surface area contributed by atoms with Gasteiger partial charge in [0.1, 0.15) is 22.6 Å². The highest BCUT2D eigenvalue weighted by molar-refractivity contribution is 5.91. The molecule has 2 N–H and O–H groups in total. The fraction of sp³-hybridized carbons (Fsp3) is 0.529. The number of rotatable bonds is 12. The fourth-order valence-electron chi connectivity index (χ4n) is 7.26. The van der Waals surface area contributed by atoms with Crippen LogP contribution in [0.1, 0.15) is 45.1 Å². The summed E-state index contributed by atoms with van der Waals surface area (Å²) in [5.41, 5.74) is 1.51. The van der Waals surface area contributed by atoms with Gasteiger partial charge in [0.25, 0.3) is 0 Å². The Labute approximate surface area is 287 Å². The zero-order valence-corrected chi connectivity index (χ0v) is 28.6. The maximum atomic E-state index is 14.1. The number of hydrogen-bond donors (Lipinski definition) is 2. The molecule has 4 aromatic rings. The van der Waals surface area contributed by atoms with E-state index in [0.29, 0.717) is 67.0 Å². The average molecular weight is 698 g/mol. The number of fused-ring (bicyclic) bond motifs is 1. The Bertz CT molecular complexity index is 1810. The lowest BCUT2D eigenvalue weighted by molar-refractivity contribution is -0.139. The minimum Gasteiger partial charge on any atom is -0.480 e. The van der Waals surface area contributed by atoms with Gasteiger partial charge in [-0.05, 0) is 38.8 Å². The van der Waals surface area contributed by atoms with Crippen molar-refractivity contribution in [1.29, 1.82) is 0 Å². The third kappa shape index (κ3) is 7.45. The van der Waals surface area contributed by atoms with Crippen molar-refractivity contribution in [2.24, 2.45) is 5.41 Å². The second-order valence-electron chi connectivity index (χ2n) is 13.2. The summed E-state index contributed by atoms with van der Waals surface area (Å²) >= 11 is 0. The van der Waals surface area contributed by atoms with Gasteiger partial charge in [-0.2, -0.15) is 13.2 Å². The Balaban J connectivity index is 1.37. The molecule has 5 heterocycles. The van der Waals surface area contributed by atoms with Crippen LogP contribution >= 0.6 is 0 Å². The number of piperazine rings is 1. The van der Waals surface area contributed by atoms with E-state index in [4.69, 9.17) is 24.5 Å². The molecule has 0 aromatic carbocycles. The Kier molecular flexibility index (Phi) is 10.1. The molecule has 0 amide bonds. The number of nitrogens with zero attached hydrogens (tertiary/aromatic N) is 8. The Morgan fingerprint density at radius 3 is 2.52 bits per heavy atom. The summed E-state index contributed by atoms with van der Waals surface area (Å²) in [5.74, 6) is -0.264. The number of carbonyl (C=O) groups is 1. The van der Waals surface area contributed by atoms with Crippen LogP contribution in [0.15, 0.2) is 30.7 Å². The first-order valence-corrected chi connectivity index (χ1v) is 16.7. The molecule has 1 atom stereocenters. The van der Waals surface area contributed by atoms with Crippen molar-refractivity contribution in [2.75, 3.05) is 69.9 Å². The first kappa shape index (κ1) is 35.3. The Morgan fingerprint density at radius 2 is 1.88 bits per heavy atom. The van der Waals surface area contributed by atoms with E-state index in [0.717, 1.165) is 31.7 Å². The number of carboxylic acid groups (broad SMARTS) is 1. The van der Waals surface area contributed by atoms with Crippen LogP contribution in [0.25, 0.3) is 33.9 Å². The summed E-state index contributed by atoms with van der Waals surface area (Å²) in [5, 5.41) is 9.16. The van der Waals surface area contributed by atoms with Gasteiger partial charge in [-0.1, -0.05) is 12.8 Å². The van der Waals surface area contributed by atoms with Crippen molar-refractivity contribution in [3.8, 4) is 28.7 Å². The maximum absolute atomic E-state index is 14.1. The van der Waals surface area contributed by atoms with Crippen molar-refractivity contribution >= 4 is 28.6 Å². The lowest BCUT2D eigenvalue weighted by atomic mass is 9.86. The molecule has 16 heteroatoms. The number of hydrogen-bond acceptors (Lipinski definition) is 11. The average Bonchev–Trinajstić information content (AvgIpc) is 3.71. The molecule has 0 bridgehead atoms. The van der Waals surface area contributed by atoms with Gasteiger partial charge in [-0.15, -0.1) is 0 Å². The monoisotopic (exact) mass is 697 g/mol. The number of H-pyrrole nitrogens is 1. The molecule has 0 radical (unpaired) electrons. The third-order valence-corrected chi connectivity index (χ3v) is 9.52. The van der Waals surface area contributed by atoms with Crippen LogP contribution in [0.2, 0.25) is 0 Å². The topological polar surface area (TPSA) is 146 Å². The summed E-state index contributed by atoms with van der Waals surface area (Å²) in [4.78, 5) is 43.4. The van der Waals surface area contributed by atoms with Crippen LogP contribution in [0.5, 0.6) is 5.88 Å². The van der Waals surface area contributed by atoms with Gasteiger partial charge in [0.05, 0.1) is 43.5 Å². The summed E-state index contributed by atoms with van der Waals surface area (Å²) < 4.78 is 53.1. The maximum Gasteiger partial charge on any atom is 0.421 e. The second kappa shape index (κ2) is 14.3. The van der Waals surface area contributed by atoms with Crippen molar-refractivity contribution in [2.45, 2.75) is 51.7 Å². The number of anilines is 2. The fourth-order valence-corrected chi connectivity index (χ4v) is 7.26. The van der Waals surface area contributed by atoms with Crippen molar-refractivity contribution in [3.63, 3.8) is 0 Å². The second-order valence-corrected chi connectivity index (χ2v) is 13.2. The minimum absolute atomic E-state index is 0.00622. The molecule has 1 aliphatic heterocycles.